The van der Waals surface area contributed by atoms with Crippen LogP contribution in [0.4, 0.5) is 0 Å². The molecule has 0 fully saturated rings. The summed E-state index contributed by atoms with van der Waals surface area (Å²) in [5.41, 5.74) is 0. The molecule has 3 atom stereocenters. The first-order valence-corrected chi connectivity index (χ1v) is 9.62. The minimum Gasteiger partial charge on any atom is -0.416 e. The Labute approximate surface area is 114 Å². The minimum atomic E-state index is -1.81. The van der Waals surface area contributed by atoms with Crippen LogP contribution in [0.2, 0.25) is 18.1 Å². The van der Waals surface area contributed by atoms with Crippen LogP contribution in [0.25, 0.3) is 0 Å². The minimum absolute atomic E-state index is 0.141. The maximum absolute atomic E-state index is 9.75. The first-order valence-electron chi connectivity index (χ1n) is 5.79. The van der Waals surface area contributed by atoms with Gasteiger partial charge in [-0.2, -0.15) is 0 Å². The summed E-state index contributed by atoms with van der Waals surface area (Å²) in [7, 11) is -1.81. The lowest BCUT2D eigenvalue weighted by Crippen LogP contribution is -2.44. The highest BCUT2D eigenvalue weighted by atomic mass is 79.9. The molecule has 0 unspecified atom stereocenters. The van der Waals surface area contributed by atoms with E-state index in [1.165, 1.54) is 6.08 Å². The summed E-state index contributed by atoms with van der Waals surface area (Å²) in [6.45, 7) is 14.6. The molecule has 5 heteroatoms. The van der Waals surface area contributed by atoms with Crippen molar-refractivity contribution in [3.63, 3.8) is 0 Å². The van der Waals surface area contributed by atoms with Gasteiger partial charge in [-0.05, 0) is 18.1 Å². The first kappa shape index (κ1) is 17.3. The Kier molecular flexibility index (Phi) is 6.59. The van der Waals surface area contributed by atoms with E-state index in [0.29, 0.717) is 6.61 Å². The standard InChI is InChI=1S/C12H25BrO3Si/c1-7-10(14)11(15)9(13)8-16-17(5,6)12(2,3)4/h7,9-11,14-15H,1,8H2,2-6H3/t9-,10+,11-/m1/s1. The zero-order valence-corrected chi connectivity index (χ0v) is 14.0. The highest BCUT2D eigenvalue weighted by molar-refractivity contribution is 9.09. The Morgan fingerprint density at radius 2 is 1.82 bits per heavy atom. The molecule has 0 aliphatic heterocycles. The van der Waals surface area contributed by atoms with Crippen molar-refractivity contribution in [2.24, 2.45) is 0 Å². The van der Waals surface area contributed by atoms with Crippen LogP contribution in [-0.4, -0.2) is 42.2 Å². The quantitative estimate of drug-likeness (QED) is 0.448. The molecular weight excluding hydrogens is 300 g/mol. The van der Waals surface area contributed by atoms with E-state index in [9.17, 15) is 10.2 Å². The van der Waals surface area contributed by atoms with Crippen LogP contribution in [-0.2, 0) is 4.43 Å². The monoisotopic (exact) mass is 324 g/mol. The van der Waals surface area contributed by atoms with E-state index in [-0.39, 0.29) is 9.87 Å². The van der Waals surface area contributed by atoms with Gasteiger partial charge in [0.05, 0.1) is 17.0 Å². The van der Waals surface area contributed by atoms with Crippen molar-refractivity contribution in [2.75, 3.05) is 6.61 Å². The molecule has 0 aromatic carbocycles. The van der Waals surface area contributed by atoms with Gasteiger partial charge in [0.2, 0.25) is 0 Å². The SMILES string of the molecule is C=C[C@H](O)[C@H](O)[C@H](Br)CO[Si](C)(C)C(C)(C)C. The second-order valence-corrected chi connectivity index (χ2v) is 11.8. The largest absolute Gasteiger partial charge is 0.416 e. The van der Waals surface area contributed by atoms with Gasteiger partial charge < -0.3 is 14.6 Å². The normalized spacial score (nSPS) is 18.6. The first-order chi connectivity index (χ1) is 7.53. The molecule has 0 heterocycles. The van der Waals surface area contributed by atoms with Gasteiger partial charge in [-0.25, -0.2) is 0 Å². The van der Waals surface area contributed by atoms with Gasteiger partial charge in [0, 0.05) is 6.61 Å². The average Bonchev–Trinajstić information content (AvgIpc) is 2.22. The number of alkyl halides is 1. The third-order valence-corrected chi connectivity index (χ3v) is 8.68. The van der Waals surface area contributed by atoms with Crippen LogP contribution in [0.5, 0.6) is 0 Å². The van der Waals surface area contributed by atoms with E-state index >= 15 is 0 Å². The van der Waals surface area contributed by atoms with Crippen LogP contribution in [0, 0.1) is 0 Å². The van der Waals surface area contributed by atoms with Gasteiger partial charge >= 0.3 is 0 Å². The molecule has 0 aliphatic rings. The molecule has 3 nitrogen and oxygen atoms in total. The van der Waals surface area contributed by atoms with Crippen molar-refractivity contribution in [1.29, 1.82) is 0 Å². The maximum Gasteiger partial charge on any atom is 0.192 e. The highest BCUT2D eigenvalue weighted by Crippen LogP contribution is 2.36. The maximum atomic E-state index is 9.75. The molecule has 2 N–H and O–H groups in total. The van der Waals surface area contributed by atoms with Gasteiger partial charge in [-0.1, -0.05) is 42.8 Å². The second-order valence-electron chi connectivity index (χ2n) is 5.80. The van der Waals surface area contributed by atoms with Crippen molar-refractivity contribution < 1.29 is 14.6 Å². The molecule has 0 saturated heterocycles. The molecule has 0 radical (unpaired) electrons. The lowest BCUT2D eigenvalue weighted by atomic mass is 10.1. The second kappa shape index (κ2) is 6.47. The van der Waals surface area contributed by atoms with Crippen LogP contribution in [0.3, 0.4) is 0 Å². The zero-order valence-electron chi connectivity index (χ0n) is 11.4. The van der Waals surface area contributed by atoms with Crippen molar-refractivity contribution in [3.05, 3.63) is 12.7 Å². The van der Waals surface area contributed by atoms with E-state index in [1.807, 2.05) is 0 Å². The molecule has 0 saturated carbocycles. The summed E-state index contributed by atoms with van der Waals surface area (Å²) in [6, 6.07) is 0. The molecule has 0 bridgehead atoms. The number of rotatable bonds is 6. The molecule has 102 valence electrons. The van der Waals surface area contributed by atoms with Crippen LogP contribution < -0.4 is 0 Å². The molecule has 0 rings (SSSR count). The fourth-order valence-electron chi connectivity index (χ4n) is 0.956. The van der Waals surface area contributed by atoms with E-state index in [2.05, 4.69) is 56.4 Å². The van der Waals surface area contributed by atoms with E-state index in [0.717, 1.165) is 0 Å². The highest BCUT2D eigenvalue weighted by Gasteiger charge is 2.38. The Hall–Kier alpha value is 0.317. The predicted molar refractivity (Wildman–Crippen MR) is 78.1 cm³/mol. The van der Waals surface area contributed by atoms with Crippen molar-refractivity contribution >= 4 is 24.2 Å². The molecule has 0 spiro atoms. The van der Waals surface area contributed by atoms with E-state index < -0.39 is 20.5 Å². The Bertz CT molecular complexity index is 251. The lowest BCUT2D eigenvalue weighted by molar-refractivity contribution is 0.0393. The zero-order chi connectivity index (χ0) is 13.9. The van der Waals surface area contributed by atoms with Crippen LogP contribution in [0.15, 0.2) is 12.7 Å². The molecule has 0 amide bonds. The van der Waals surface area contributed by atoms with E-state index in [4.69, 9.17) is 4.43 Å². The van der Waals surface area contributed by atoms with Gasteiger partial charge in [0.1, 0.15) is 0 Å². The molecule has 17 heavy (non-hydrogen) atoms. The smallest absolute Gasteiger partial charge is 0.192 e. The Morgan fingerprint density at radius 1 is 1.35 bits per heavy atom. The van der Waals surface area contributed by atoms with Gasteiger partial charge in [0.25, 0.3) is 0 Å². The average molecular weight is 325 g/mol. The van der Waals surface area contributed by atoms with Gasteiger partial charge in [0.15, 0.2) is 8.32 Å². The summed E-state index contributed by atoms with van der Waals surface area (Å²) >= 11 is 3.34. The third-order valence-electron chi connectivity index (χ3n) is 3.37. The fraction of sp³-hybridized carbons (Fsp3) is 0.833. The van der Waals surface area contributed by atoms with Crippen LogP contribution >= 0.6 is 15.9 Å². The topological polar surface area (TPSA) is 49.7 Å². The number of halogens is 1. The van der Waals surface area contributed by atoms with Gasteiger partial charge in [-0.3, -0.25) is 0 Å². The summed E-state index contributed by atoms with van der Waals surface area (Å²) in [4.78, 5) is -0.287. The Balaban J connectivity index is 4.34. The van der Waals surface area contributed by atoms with Crippen molar-refractivity contribution in [3.8, 4) is 0 Å². The Morgan fingerprint density at radius 3 is 2.18 bits per heavy atom. The predicted octanol–water partition coefficient (Wildman–Crippen LogP) is 2.68. The summed E-state index contributed by atoms with van der Waals surface area (Å²) in [6.07, 6.45) is -0.495. The fourth-order valence-corrected chi connectivity index (χ4v) is 2.67. The molecule has 0 aliphatic carbocycles. The lowest BCUT2D eigenvalue weighted by Gasteiger charge is -2.37. The molecular formula is C12H25BrO3Si. The number of hydrogen-bond donors (Lipinski definition) is 2. The number of aliphatic hydroxyl groups is 2. The summed E-state index contributed by atoms with van der Waals surface area (Å²) < 4.78 is 5.96. The number of hydrogen-bond acceptors (Lipinski definition) is 3. The van der Waals surface area contributed by atoms with Crippen molar-refractivity contribution in [1.82, 2.24) is 0 Å². The van der Waals surface area contributed by atoms with E-state index in [1.54, 1.807) is 0 Å². The number of aliphatic hydroxyl groups excluding tert-OH is 2. The van der Waals surface area contributed by atoms with Crippen LogP contribution in [0.1, 0.15) is 20.8 Å². The summed E-state index contributed by atoms with van der Waals surface area (Å²) in [5, 5.41) is 19.3. The molecule has 0 aromatic rings. The molecule has 0 aromatic heterocycles. The third kappa shape index (κ3) is 5.22. The van der Waals surface area contributed by atoms with Gasteiger partial charge in [-0.15, -0.1) is 6.58 Å². The summed E-state index contributed by atoms with van der Waals surface area (Å²) in [5.74, 6) is 0. The van der Waals surface area contributed by atoms with Crippen molar-refractivity contribution in [2.45, 2.75) is 55.9 Å².